The molecule has 4 rings (SSSR count). The zero-order chi connectivity index (χ0) is 17.9. The first-order chi connectivity index (χ1) is 12.8. The number of aromatic nitrogens is 2. The van der Waals surface area contributed by atoms with Crippen LogP contribution < -0.4 is 4.74 Å². The highest BCUT2D eigenvalue weighted by atomic mass is 16.5. The average Bonchev–Trinajstić information content (AvgIpc) is 3.12. The second-order valence-corrected chi connectivity index (χ2v) is 6.94. The lowest BCUT2D eigenvalue weighted by atomic mass is 10.0. The molecule has 0 amide bonds. The maximum absolute atomic E-state index is 10.6. The van der Waals surface area contributed by atoms with Gasteiger partial charge in [-0.2, -0.15) is 5.10 Å². The second kappa shape index (κ2) is 7.48. The first-order valence-corrected chi connectivity index (χ1v) is 9.22. The van der Waals surface area contributed by atoms with Crippen molar-refractivity contribution in [2.75, 3.05) is 26.7 Å². The summed E-state index contributed by atoms with van der Waals surface area (Å²) in [5.41, 5.74) is 2.07. The molecule has 3 aromatic rings. The molecule has 1 saturated heterocycles. The van der Waals surface area contributed by atoms with Gasteiger partial charge in [-0.15, -0.1) is 0 Å². The van der Waals surface area contributed by atoms with E-state index in [0.29, 0.717) is 12.6 Å². The van der Waals surface area contributed by atoms with E-state index in [1.54, 1.807) is 7.11 Å². The number of para-hydroxylation sites is 2. The lowest BCUT2D eigenvalue weighted by Crippen LogP contribution is -2.37. The summed E-state index contributed by atoms with van der Waals surface area (Å²) in [6.45, 7) is 2.56. The Bertz CT molecular complexity index is 868. The van der Waals surface area contributed by atoms with Crippen LogP contribution in [0.4, 0.5) is 0 Å². The Morgan fingerprint density at radius 2 is 1.85 bits per heavy atom. The van der Waals surface area contributed by atoms with Crippen LogP contribution in [0.25, 0.3) is 10.9 Å². The van der Waals surface area contributed by atoms with Crippen molar-refractivity contribution >= 4 is 10.9 Å². The monoisotopic (exact) mass is 351 g/mol. The maximum atomic E-state index is 10.6. The highest BCUT2D eigenvalue weighted by molar-refractivity contribution is 5.78. The Balaban J connectivity index is 1.39. The summed E-state index contributed by atoms with van der Waals surface area (Å²) in [6.07, 6.45) is 3.51. The minimum atomic E-state index is -0.534. The molecule has 0 unspecified atom stereocenters. The lowest BCUT2D eigenvalue weighted by molar-refractivity contribution is 0.0879. The molecule has 2 aromatic carbocycles. The zero-order valence-electron chi connectivity index (χ0n) is 15.1. The number of aliphatic hydroxyl groups is 1. The molecule has 1 N–H and O–H groups in total. The first kappa shape index (κ1) is 17.1. The van der Waals surface area contributed by atoms with E-state index < -0.39 is 6.10 Å². The molecule has 1 aliphatic rings. The summed E-state index contributed by atoms with van der Waals surface area (Å²) in [5.74, 6) is 0.748. The molecule has 0 aliphatic carbocycles. The van der Waals surface area contributed by atoms with Gasteiger partial charge in [-0.1, -0.05) is 36.4 Å². The van der Waals surface area contributed by atoms with Gasteiger partial charge in [0.15, 0.2) is 0 Å². The molecule has 136 valence electrons. The molecular weight excluding hydrogens is 326 g/mol. The first-order valence-electron chi connectivity index (χ1n) is 9.22. The summed E-state index contributed by atoms with van der Waals surface area (Å²) < 4.78 is 7.54. The Kier molecular flexibility index (Phi) is 4.91. The quantitative estimate of drug-likeness (QED) is 0.765. The van der Waals surface area contributed by atoms with E-state index in [9.17, 15) is 5.11 Å². The fourth-order valence-electron chi connectivity index (χ4n) is 3.91. The standard InChI is InChI=1S/C21H25N3O2/c1-26-21-9-5-3-7-18(21)20(25)15-23-12-10-17(11-13-23)24-19-8-4-2-6-16(19)14-22-24/h2-9,14,17,20,25H,10-13,15H2,1H3/t20-/m0/s1. The van der Waals surface area contributed by atoms with Crippen molar-refractivity contribution in [2.24, 2.45) is 0 Å². The highest BCUT2D eigenvalue weighted by Crippen LogP contribution is 2.29. The topological polar surface area (TPSA) is 50.5 Å². The fraction of sp³-hybridized carbons (Fsp3) is 0.381. The van der Waals surface area contributed by atoms with Gasteiger partial charge < -0.3 is 14.7 Å². The largest absolute Gasteiger partial charge is 0.496 e. The van der Waals surface area contributed by atoms with Gasteiger partial charge in [0.25, 0.3) is 0 Å². The van der Waals surface area contributed by atoms with Crippen LogP contribution in [0.2, 0.25) is 0 Å². The molecule has 1 fully saturated rings. The Morgan fingerprint density at radius 1 is 1.12 bits per heavy atom. The summed E-state index contributed by atoms with van der Waals surface area (Å²) in [5, 5.41) is 16.4. The fourth-order valence-corrected chi connectivity index (χ4v) is 3.91. The predicted molar refractivity (Wildman–Crippen MR) is 102 cm³/mol. The summed E-state index contributed by atoms with van der Waals surface area (Å²) in [6, 6.07) is 16.5. The number of ether oxygens (including phenoxy) is 1. The van der Waals surface area contributed by atoms with E-state index in [1.807, 2.05) is 30.5 Å². The second-order valence-electron chi connectivity index (χ2n) is 6.94. The van der Waals surface area contributed by atoms with Crippen molar-refractivity contribution in [2.45, 2.75) is 25.0 Å². The van der Waals surface area contributed by atoms with Gasteiger partial charge in [-0.25, -0.2) is 0 Å². The van der Waals surface area contributed by atoms with Crippen LogP contribution in [0.3, 0.4) is 0 Å². The normalized spacial score (nSPS) is 17.5. The number of piperidine rings is 1. The lowest BCUT2D eigenvalue weighted by Gasteiger charge is -2.33. The third kappa shape index (κ3) is 3.32. The molecule has 26 heavy (non-hydrogen) atoms. The maximum Gasteiger partial charge on any atom is 0.124 e. The smallest absolute Gasteiger partial charge is 0.124 e. The van der Waals surface area contributed by atoms with E-state index in [0.717, 1.165) is 37.2 Å². The minimum absolute atomic E-state index is 0.426. The SMILES string of the molecule is COc1ccccc1[C@@H](O)CN1CCC(n2ncc3ccccc32)CC1. The van der Waals surface area contributed by atoms with E-state index in [-0.39, 0.29) is 0 Å². The van der Waals surface area contributed by atoms with Crippen molar-refractivity contribution in [3.8, 4) is 5.75 Å². The molecule has 0 bridgehead atoms. The molecular formula is C21H25N3O2. The number of benzene rings is 2. The molecule has 0 radical (unpaired) electrons. The molecule has 0 saturated carbocycles. The van der Waals surface area contributed by atoms with Crippen LogP contribution in [0.1, 0.15) is 30.6 Å². The number of β-amino-alcohol motifs (C(OH)–C–C–N with tert-alkyl or cyclic N) is 1. The summed E-state index contributed by atoms with van der Waals surface area (Å²) >= 11 is 0. The van der Waals surface area contributed by atoms with Gasteiger partial charge in [-0.05, 0) is 25.0 Å². The number of rotatable bonds is 5. The Hall–Kier alpha value is -2.37. The van der Waals surface area contributed by atoms with Gasteiger partial charge in [0, 0.05) is 30.6 Å². The molecule has 1 atom stereocenters. The van der Waals surface area contributed by atoms with Crippen LogP contribution in [-0.2, 0) is 0 Å². The van der Waals surface area contributed by atoms with Gasteiger partial charge >= 0.3 is 0 Å². The van der Waals surface area contributed by atoms with Gasteiger partial charge in [0.2, 0.25) is 0 Å². The third-order valence-electron chi connectivity index (χ3n) is 5.34. The molecule has 0 spiro atoms. The Morgan fingerprint density at radius 3 is 2.65 bits per heavy atom. The molecule has 5 nitrogen and oxygen atoms in total. The number of aliphatic hydroxyl groups excluding tert-OH is 1. The van der Waals surface area contributed by atoms with Crippen molar-refractivity contribution in [1.82, 2.24) is 14.7 Å². The highest BCUT2D eigenvalue weighted by Gasteiger charge is 2.24. The van der Waals surface area contributed by atoms with E-state index in [2.05, 4.69) is 38.9 Å². The average molecular weight is 351 g/mol. The zero-order valence-corrected chi connectivity index (χ0v) is 15.1. The van der Waals surface area contributed by atoms with E-state index >= 15 is 0 Å². The molecule has 1 aromatic heterocycles. The number of nitrogens with zero attached hydrogens (tertiary/aromatic N) is 3. The number of fused-ring (bicyclic) bond motifs is 1. The van der Waals surface area contributed by atoms with Crippen LogP contribution in [0, 0.1) is 0 Å². The molecule has 1 aliphatic heterocycles. The van der Waals surface area contributed by atoms with E-state index in [1.165, 1.54) is 10.9 Å². The molecule has 2 heterocycles. The van der Waals surface area contributed by atoms with Crippen LogP contribution in [0.15, 0.2) is 54.7 Å². The predicted octanol–water partition coefficient (Wildman–Crippen LogP) is 3.42. The number of hydrogen-bond donors (Lipinski definition) is 1. The number of hydrogen-bond acceptors (Lipinski definition) is 4. The van der Waals surface area contributed by atoms with Gasteiger partial charge in [-0.3, -0.25) is 4.68 Å². The van der Waals surface area contributed by atoms with Crippen LogP contribution in [-0.4, -0.2) is 46.5 Å². The number of likely N-dealkylation sites (tertiary alicyclic amines) is 1. The van der Waals surface area contributed by atoms with Crippen molar-refractivity contribution in [1.29, 1.82) is 0 Å². The van der Waals surface area contributed by atoms with Crippen molar-refractivity contribution in [3.63, 3.8) is 0 Å². The van der Waals surface area contributed by atoms with Crippen LogP contribution >= 0.6 is 0 Å². The number of methoxy groups -OCH3 is 1. The minimum Gasteiger partial charge on any atom is -0.496 e. The van der Waals surface area contributed by atoms with Gasteiger partial charge in [0.05, 0.1) is 31.0 Å². The summed E-state index contributed by atoms with van der Waals surface area (Å²) in [4.78, 5) is 2.33. The van der Waals surface area contributed by atoms with Crippen molar-refractivity contribution < 1.29 is 9.84 Å². The third-order valence-corrected chi connectivity index (χ3v) is 5.34. The van der Waals surface area contributed by atoms with Gasteiger partial charge in [0.1, 0.15) is 5.75 Å². The van der Waals surface area contributed by atoms with Crippen molar-refractivity contribution in [3.05, 3.63) is 60.3 Å². The van der Waals surface area contributed by atoms with Crippen LogP contribution in [0.5, 0.6) is 5.75 Å². The van der Waals surface area contributed by atoms with E-state index in [4.69, 9.17) is 4.74 Å². The Labute approximate surface area is 153 Å². The summed E-state index contributed by atoms with van der Waals surface area (Å²) in [7, 11) is 1.64. The molecule has 5 heteroatoms.